The topological polar surface area (TPSA) is 9.23 Å². The smallest absolute Gasteiger partial charge is 0.0990 e. The van der Waals surface area contributed by atoms with Gasteiger partial charge in [0.2, 0.25) is 0 Å². The Morgan fingerprint density at radius 3 is 1.55 bits per heavy atom. The van der Waals surface area contributed by atoms with Crippen LogP contribution in [0.1, 0.15) is 40.5 Å². The number of rotatable bonds is 5. The highest BCUT2D eigenvalue weighted by Gasteiger charge is 2.11. The minimum absolute atomic E-state index is 0.384. The normalized spacial score (nSPS) is 12.0. The van der Waals surface area contributed by atoms with Crippen LogP contribution in [0.15, 0.2) is 0 Å². The van der Waals surface area contributed by atoms with E-state index in [1.165, 1.54) is 0 Å². The summed E-state index contributed by atoms with van der Waals surface area (Å²) in [5.41, 5.74) is 0. The molecule has 68 valence electrons. The highest BCUT2D eigenvalue weighted by molar-refractivity contribution is 9.06. The molecule has 2 heteroatoms. The molecule has 0 aromatic rings. The average molecular weight is 223 g/mol. The van der Waals surface area contributed by atoms with Gasteiger partial charge < -0.3 is 3.83 Å². The number of hydrogen-bond donors (Lipinski definition) is 0. The van der Waals surface area contributed by atoms with Crippen LogP contribution in [-0.2, 0) is 3.83 Å². The molecule has 0 spiro atoms. The minimum Gasteiger partial charge on any atom is -0.305 e. The van der Waals surface area contributed by atoms with Crippen LogP contribution < -0.4 is 0 Å². The van der Waals surface area contributed by atoms with Crippen LogP contribution >= 0.6 is 16.3 Å². The van der Waals surface area contributed by atoms with E-state index in [0.717, 1.165) is 24.7 Å². The Hall–Kier alpha value is 0.440. The zero-order valence-electron chi connectivity index (χ0n) is 7.93. The molecule has 0 saturated carbocycles. The van der Waals surface area contributed by atoms with Crippen LogP contribution in [0.2, 0.25) is 0 Å². The first kappa shape index (κ1) is 11.4. The Kier molecular flexibility index (Phi) is 6.25. The zero-order chi connectivity index (χ0) is 8.85. The third-order valence-electron chi connectivity index (χ3n) is 1.59. The van der Waals surface area contributed by atoms with Crippen molar-refractivity contribution >= 4 is 16.3 Å². The molecule has 0 unspecified atom stereocenters. The molecule has 0 radical (unpaired) electrons. The second-order valence-corrected chi connectivity index (χ2v) is 4.34. The molecular formula is C9H19BrO. The molecule has 0 rings (SSSR count). The minimum atomic E-state index is 0.384. The van der Waals surface area contributed by atoms with Gasteiger partial charge in [-0.15, -0.1) is 0 Å². The summed E-state index contributed by atoms with van der Waals surface area (Å²) in [7, 11) is 0. The molecule has 0 aliphatic heterocycles. The maximum Gasteiger partial charge on any atom is 0.0990 e. The summed E-state index contributed by atoms with van der Waals surface area (Å²) in [6, 6.07) is 0. The lowest BCUT2D eigenvalue weighted by molar-refractivity contribution is 0.191. The summed E-state index contributed by atoms with van der Waals surface area (Å²) in [4.78, 5) is 0. The molecule has 1 nitrogen and oxygen atoms in total. The van der Waals surface area contributed by atoms with Gasteiger partial charge in [0.05, 0.1) is 22.4 Å². The molecule has 0 N–H and O–H groups in total. The van der Waals surface area contributed by atoms with Crippen LogP contribution in [0.25, 0.3) is 0 Å². The van der Waals surface area contributed by atoms with E-state index in [1.807, 2.05) is 0 Å². The molecule has 0 amide bonds. The van der Waals surface area contributed by atoms with Crippen molar-refractivity contribution in [3.63, 3.8) is 0 Å². The maximum atomic E-state index is 5.18. The first-order valence-electron chi connectivity index (χ1n) is 4.33. The Bertz CT molecular complexity index is 81.6. The maximum absolute atomic E-state index is 5.18. The summed E-state index contributed by atoms with van der Waals surface area (Å²) < 4.78 is 5.18. The van der Waals surface area contributed by atoms with Crippen molar-refractivity contribution in [2.45, 2.75) is 46.6 Å². The fraction of sp³-hybridized carbons (Fsp3) is 1.00. The molecule has 0 aliphatic rings. The van der Waals surface area contributed by atoms with Gasteiger partial charge in [0.15, 0.2) is 0 Å². The predicted molar refractivity (Wildman–Crippen MR) is 52.7 cm³/mol. The van der Waals surface area contributed by atoms with Crippen molar-refractivity contribution in [2.75, 3.05) is 0 Å². The van der Waals surface area contributed by atoms with Crippen molar-refractivity contribution in [1.29, 1.82) is 0 Å². The molecule has 0 heterocycles. The molecular weight excluding hydrogens is 204 g/mol. The predicted octanol–water partition coefficient (Wildman–Crippen LogP) is 3.77. The second kappa shape index (κ2) is 6.01. The van der Waals surface area contributed by atoms with Crippen LogP contribution in [0, 0.1) is 11.8 Å². The Morgan fingerprint density at radius 2 is 1.36 bits per heavy atom. The first-order valence-corrected chi connectivity index (χ1v) is 4.98. The van der Waals surface area contributed by atoms with Gasteiger partial charge >= 0.3 is 0 Å². The second-order valence-electron chi connectivity index (χ2n) is 3.97. The Labute approximate surface area is 79.0 Å². The van der Waals surface area contributed by atoms with Gasteiger partial charge in [0.25, 0.3) is 0 Å². The van der Waals surface area contributed by atoms with Gasteiger partial charge in [-0.1, -0.05) is 27.7 Å². The molecule has 0 aliphatic carbocycles. The van der Waals surface area contributed by atoms with Gasteiger partial charge in [0.1, 0.15) is 0 Å². The average Bonchev–Trinajstić information content (AvgIpc) is 1.84. The summed E-state index contributed by atoms with van der Waals surface area (Å²) in [5, 5.41) is 0. The summed E-state index contributed by atoms with van der Waals surface area (Å²) >= 11 is 3.07. The largest absolute Gasteiger partial charge is 0.305 e. The SMILES string of the molecule is CC(C)CC(CC(C)C)OBr. The van der Waals surface area contributed by atoms with E-state index in [1.54, 1.807) is 0 Å². The van der Waals surface area contributed by atoms with Crippen molar-refractivity contribution in [2.24, 2.45) is 11.8 Å². The number of halogens is 1. The van der Waals surface area contributed by atoms with Crippen LogP contribution in [0.4, 0.5) is 0 Å². The molecule has 0 aromatic carbocycles. The lowest BCUT2D eigenvalue weighted by Gasteiger charge is -2.17. The van der Waals surface area contributed by atoms with Gasteiger partial charge in [-0.2, -0.15) is 0 Å². The molecule has 11 heavy (non-hydrogen) atoms. The van der Waals surface area contributed by atoms with Crippen LogP contribution in [0.5, 0.6) is 0 Å². The summed E-state index contributed by atoms with van der Waals surface area (Å²) in [6.07, 6.45) is 2.67. The molecule has 0 saturated heterocycles. The lowest BCUT2D eigenvalue weighted by Crippen LogP contribution is -2.13. The fourth-order valence-electron chi connectivity index (χ4n) is 1.22. The molecule has 0 fully saturated rings. The van der Waals surface area contributed by atoms with Crippen molar-refractivity contribution < 1.29 is 3.83 Å². The first-order chi connectivity index (χ1) is 5.06. The van der Waals surface area contributed by atoms with E-state index in [4.69, 9.17) is 3.83 Å². The van der Waals surface area contributed by atoms with E-state index in [-0.39, 0.29) is 0 Å². The summed E-state index contributed by atoms with van der Waals surface area (Å²) in [6.45, 7) is 8.89. The van der Waals surface area contributed by atoms with Gasteiger partial charge in [-0.05, 0) is 24.7 Å². The number of hydrogen-bond acceptors (Lipinski definition) is 1. The quantitative estimate of drug-likeness (QED) is 0.689. The Morgan fingerprint density at radius 1 is 1.00 bits per heavy atom. The monoisotopic (exact) mass is 222 g/mol. The third kappa shape index (κ3) is 6.82. The van der Waals surface area contributed by atoms with E-state index in [9.17, 15) is 0 Å². The van der Waals surface area contributed by atoms with Crippen molar-refractivity contribution in [3.8, 4) is 0 Å². The lowest BCUT2D eigenvalue weighted by atomic mass is 9.98. The van der Waals surface area contributed by atoms with E-state index in [0.29, 0.717) is 6.10 Å². The van der Waals surface area contributed by atoms with Crippen molar-refractivity contribution in [3.05, 3.63) is 0 Å². The van der Waals surface area contributed by atoms with E-state index < -0.39 is 0 Å². The molecule has 0 atom stereocenters. The summed E-state index contributed by atoms with van der Waals surface area (Å²) in [5.74, 6) is 1.44. The van der Waals surface area contributed by atoms with Crippen LogP contribution in [-0.4, -0.2) is 6.10 Å². The van der Waals surface area contributed by atoms with E-state index in [2.05, 4.69) is 44.0 Å². The molecule has 0 aromatic heterocycles. The third-order valence-corrected chi connectivity index (χ3v) is 2.12. The van der Waals surface area contributed by atoms with Crippen LogP contribution in [0.3, 0.4) is 0 Å². The van der Waals surface area contributed by atoms with E-state index >= 15 is 0 Å². The van der Waals surface area contributed by atoms with Gasteiger partial charge in [0, 0.05) is 0 Å². The van der Waals surface area contributed by atoms with Crippen molar-refractivity contribution in [1.82, 2.24) is 0 Å². The van der Waals surface area contributed by atoms with Gasteiger partial charge in [-0.25, -0.2) is 0 Å². The highest BCUT2D eigenvalue weighted by atomic mass is 79.9. The molecule has 0 bridgehead atoms. The fourth-order valence-corrected chi connectivity index (χ4v) is 1.53. The zero-order valence-corrected chi connectivity index (χ0v) is 9.52. The highest BCUT2D eigenvalue weighted by Crippen LogP contribution is 2.18. The Balaban J connectivity index is 3.58. The standard InChI is InChI=1S/C9H19BrO/c1-7(2)5-9(11-10)6-8(3)4/h7-9H,5-6H2,1-4H3. The van der Waals surface area contributed by atoms with Gasteiger partial charge in [-0.3, -0.25) is 0 Å².